The van der Waals surface area contributed by atoms with Gasteiger partial charge >= 0.3 is 5.69 Å². The molecule has 6 heteroatoms. The Labute approximate surface area is 197 Å². The van der Waals surface area contributed by atoms with Crippen molar-refractivity contribution in [1.82, 2.24) is 14.0 Å². The molecule has 1 saturated heterocycles. The molecule has 1 aliphatic rings. The van der Waals surface area contributed by atoms with Crippen LogP contribution in [0.2, 0.25) is 5.02 Å². The Morgan fingerprint density at radius 2 is 1.70 bits per heavy atom. The van der Waals surface area contributed by atoms with Gasteiger partial charge < -0.3 is 4.90 Å². The molecule has 0 aliphatic carbocycles. The van der Waals surface area contributed by atoms with E-state index in [4.69, 9.17) is 11.6 Å². The Kier molecular flexibility index (Phi) is 5.63. The van der Waals surface area contributed by atoms with E-state index in [-0.39, 0.29) is 17.5 Å². The molecule has 0 amide bonds. The molecule has 170 valence electrons. The minimum absolute atomic E-state index is 0.0690. The predicted molar refractivity (Wildman–Crippen MR) is 132 cm³/mol. The number of hydrogen-bond acceptors (Lipinski definition) is 2. The normalized spacial score (nSPS) is 17.3. The lowest BCUT2D eigenvalue weighted by Crippen LogP contribution is -2.49. The van der Waals surface area contributed by atoms with Gasteiger partial charge in [-0.15, -0.1) is 0 Å². The van der Waals surface area contributed by atoms with Crippen LogP contribution in [0.3, 0.4) is 0 Å². The minimum atomic E-state index is -0.501. The summed E-state index contributed by atoms with van der Waals surface area (Å²) in [6.45, 7) is 3.76. The summed E-state index contributed by atoms with van der Waals surface area (Å²) < 4.78 is 17.3. The zero-order chi connectivity index (χ0) is 23.2. The van der Waals surface area contributed by atoms with Crippen molar-refractivity contribution >= 4 is 22.4 Å². The lowest BCUT2D eigenvalue weighted by molar-refractivity contribution is 0.158. The Morgan fingerprint density at radius 1 is 1.00 bits per heavy atom. The van der Waals surface area contributed by atoms with Crippen LogP contribution >= 0.6 is 11.6 Å². The van der Waals surface area contributed by atoms with Gasteiger partial charge in [0.05, 0.1) is 11.6 Å². The number of fused-ring (bicyclic) bond motifs is 1. The van der Waals surface area contributed by atoms with Crippen LogP contribution in [0.25, 0.3) is 10.8 Å². The first-order valence-corrected chi connectivity index (χ1v) is 11.7. The second-order valence-corrected chi connectivity index (χ2v) is 9.53. The molecule has 5 rings (SSSR count). The van der Waals surface area contributed by atoms with E-state index >= 15 is 0 Å². The zero-order valence-electron chi connectivity index (χ0n) is 18.8. The number of rotatable bonds is 4. The van der Waals surface area contributed by atoms with Crippen molar-refractivity contribution in [2.75, 3.05) is 20.1 Å². The highest BCUT2D eigenvalue weighted by Gasteiger charge is 2.39. The molecule has 2 heterocycles. The molecule has 0 saturated carbocycles. The van der Waals surface area contributed by atoms with E-state index in [0.29, 0.717) is 5.02 Å². The molecular formula is C27H27ClFN3O. The zero-order valence-corrected chi connectivity index (χ0v) is 19.6. The van der Waals surface area contributed by atoms with Crippen molar-refractivity contribution in [3.05, 3.63) is 106 Å². The van der Waals surface area contributed by atoms with Crippen LogP contribution in [-0.4, -0.2) is 34.2 Å². The van der Waals surface area contributed by atoms with Gasteiger partial charge in [-0.25, -0.2) is 9.18 Å². The second kappa shape index (κ2) is 8.47. The molecule has 1 unspecified atom stereocenters. The van der Waals surface area contributed by atoms with Crippen molar-refractivity contribution < 1.29 is 4.39 Å². The SMILES string of the molecule is CC(c1cc(Cl)cc2ccccc12)n1ccn(C2(c3ccc(F)cc3)CCN(C)CC2)c1=O. The van der Waals surface area contributed by atoms with Crippen LogP contribution in [0, 0.1) is 5.82 Å². The summed E-state index contributed by atoms with van der Waals surface area (Å²) >= 11 is 6.42. The Balaban J connectivity index is 1.62. The molecule has 1 atom stereocenters. The highest BCUT2D eigenvalue weighted by atomic mass is 35.5. The maximum atomic E-state index is 13.8. The fraction of sp³-hybridized carbons (Fsp3) is 0.296. The van der Waals surface area contributed by atoms with Crippen molar-refractivity contribution in [3.63, 3.8) is 0 Å². The van der Waals surface area contributed by atoms with E-state index in [0.717, 1.165) is 47.8 Å². The third-order valence-corrected chi connectivity index (χ3v) is 7.40. The van der Waals surface area contributed by atoms with Crippen molar-refractivity contribution in [2.24, 2.45) is 0 Å². The molecule has 0 bridgehead atoms. The van der Waals surface area contributed by atoms with Gasteiger partial charge in [0.25, 0.3) is 0 Å². The van der Waals surface area contributed by atoms with Gasteiger partial charge in [0.1, 0.15) is 5.82 Å². The van der Waals surface area contributed by atoms with Crippen LogP contribution in [0.5, 0.6) is 0 Å². The van der Waals surface area contributed by atoms with Crippen LogP contribution in [0.4, 0.5) is 4.39 Å². The molecule has 0 N–H and O–H groups in total. The Bertz CT molecular complexity index is 1350. The molecule has 1 aromatic heterocycles. The highest BCUT2D eigenvalue weighted by molar-refractivity contribution is 6.31. The maximum Gasteiger partial charge on any atom is 0.329 e. The number of imidazole rings is 1. The number of likely N-dealkylation sites (tertiary alicyclic amines) is 1. The van der Waals surface area contributed by atoms with Crippen LogP contribution in [0.15, 0.2) is 77.9 Å². The van der Waals surface area contributed by atoms with Crippen LogP contribution in [0.1, 0.15) is 36.9 Å². The van der Waals surface area contributed by atoms with E-state index in [1.807, 2.05) is 66.3 Å². The topological polar surface area (TPSA) is 30.2 Å². The van der Waals surface area contributed by atoms with E-state index < -0.39 is 5.54 Å². The third-order valence-electron chi connectivity index (χ3n) is 7.19. The highest BCUT2D eigenvalue weighted by Crippen LogP contribution is 2.37. The molecule has 4 aromatic rings. The average molecular weight is 464 g/mol. The first-order valence-electron chi connectivity index (χ1n) is 11.3. The van der Waals surface area contributed by atoms with Gasteiger partial charge in [0.2, 0.25) is 0 Å². The van der Waals surface area contributed by atoms with Crippen molar-refractivity contribution in [1.29, 1.82) is 0 Å². The molecule has 0 spiro atoms. The monoisotopic (exact) mass is 463 g/mol. The summed E-state index contributed by atoms with van der Waals surface area (Å²) in [4.78, 5) is 16.1. The number of nitrogens with zero attached hydrogens (tertiary/aromatic N) is 3. The summed E-state index contributed by atoms with van der Waals surface area (Å²) in [5.41, 5.74) is 1.41. The van der Waals surface area contributed by atoms with Gasteiger partial charge in [-0.3, -0.25) is 9.13 Å². The lowest BCUT2D eigenvalue weighted by atomic mass is 9.80. The molecule has 1 aliphatic heterocycles. The van der Waals surface area contributed by atoms with E-state index in [9.17, 15) is 9.18 Å². The lowest BCUT2D eigenvalue weighted by Gasteiger charge is -2.41. The summed E-state index contributed by atoms with van der Waals surface area (Å²) in [7, 11) is 2.09. The van der Waals surface area contributed by atoms with Crippen molar-refractivity contribution in [3.8, 4) is 0 Å². The number of aromatic nitrogens is 2. The van der Waals surface area contributed by atoms with E-state index in [1.165, 1.54) is 12.1 Å². The van der Waals surface area contributed by atoms with Gasteiger partial charge in [0.15, 0.2) is 0 Å². The molecule has 4 nitrogen and oxygen atoms in total. The van der Waals surface area contributed by atoms with Gasteiger partial charge in [-0.1, -0.05) is 48.0 Å². The molecule has 33 heavy (non-hydrogen) atoms. The van der Waals surface area contributed by atoms with Gasteiger partial charge in [-0.05, 0) is 73.0 Å². The fourth-order valence-electron chi connectivity index (χ4n) is 5.23. The number of piperidine rings is 1. The standard InChI is InChI=1S/C27H27ClFN3O/c1-19(25-18-22(28)17-20-5-3-4-6-24(20)25)31-15-16-32(26(31)33)27(11-13-30(2)14-12-27)21-7-9-23(29)10-8-21/h3-10,15-19H,11-14H2,1-2H3. The third kappa shape index (κ3) is 3.79. The summed E-state index contributed by atoms with van der Waals surface area (Å²) in [6.07, 6.45) is 5.33. The average Bonchev–Trinajstić information content (AvgIpc) is 3.21. The molecular weight excluding hydrogens is 437 g/mol. The van der Waals surface area contributed by atoms with Gasteiger partial charge in [-0.2, -0.15) is 0 Å². The molecule has 3 aromatic carbocycles. The predicted octanol–water partition coefficient (Wildman–Crippen LogP) is 5.67. The van der Waals surface area contributed by atoms with Crippen LogP contribution < -0.4 is 5.69 Å². The summed E-state index contributed by atoms with van der Waals surface area (Å²) in [6, 6.07) is 18.4. The molecule has 1 fully saturated rings. The smallest absolute Gasteiger partial charge is 0.306 e. The number of halogens is 2. The quantitative estimate of drug-likeness (QED) is 0.390. The first kappa shape index (κ1) is 21.9. The summed E-state index contributed by atoms with van der Waals surface area (Å²) in [5.74, 6) is -0.270. The van der Waals surface area contributed by atoms with E-state index in [1.54, 1.807) is 4.57 Å². The minimum Gasteiger partial charge on any atom is -0.306 e. The summed E-state index contributed by atoms with van der Waals surface area (Å²) in [5, 5.41) is 2.79. The Hall–Kier alpha value is -2.89. The molecule has 0 radical (unpaired) electrons. The fourth-order valence-corrected chi connectivity index (χ4v) is 5.46. The van der Waals surface area contributed by atoms with Gasteiger partial charge in [0, 0.05) is 30.5 Å². The largest absolute Gasteiger partial charge is 0.329 e. The van der Waals surface area contributed by atoms with E-state index in [2.05, 4.69) is 18.0 Å². The Morgan fingerprint density at radius 3 is 2.42 bits per heavy atom. The first-order chi connectivity index (χ1) is 15.9. The maximum absolute atomic E-state index is 13.8. The number of hydrogen-bond donors (Lipinski definition) is 0. The van der Waals surface area contributed by atoms with Crippen LogP contribution in [-0.2, 0) is 5.54 Å². The van der Waals surface area contributed by atoms with Crippen molar-refractivity contribution in [2.45, 2.75) is 31.3 Å². The second-order valence-electron chi connectivity index (χ2n) is 9.09. The number of benzene rings is 3.